The Balaban J connectivity index is 0.00000385. The Morgan fingerprint density at radius 3 is 2.45 bits per heavy atom. The summed E-state index contributed by atoms with van der Waals surface area (Å²) in [5, 5.41) is 6.91. The zero-order valence-corrected chi connectivity index (χ0v) is 22.6. The smallest absolute Gasteiger partial charge is 0.191 e. The molecule has 33 heavy (non-hydrogen) atoms. The second kappa shape index (κ2) is 15.3. The van der Waals surface area contributed by atoms with Gasteiger partial charge in [-0.05, 0) is 37.1 Å². The van der Waals surface area contributed by atoms with Gasteiger partial charge in [0.1, 0.15) is 0 Å². The van der Waals surface area contributed by atoms with Gasteiger partial charge in [-0.3, -0.25) is 14.8 Å². The van der Waals surface area contributed by atoms with Crippen molar-refractivity contribution in [2.75, 3.05) is 46.9 Å². The molecular weight excluding hydrogens is 525 g/mol. The predicted octanol–water partition coefficient (Wildman–Crippen LogP) is 3.71. The molecule has 1 saturated heterocycles. The third-order valence-corrected chi connectivity index (χ3v) is 6.07. The van der Waals surface area contributed by atoms with E-state index in [1.807, 2.05) is 7.05 Å². The highest BCUT2D eigenvalue weighted by Gasteiger charge is 2.11. The fourth-order valence-corrected chi connectivity index (χ4v) is 3.91. The first-order chi connectivity index (χ1) is 15.6. The molecule has 0 aliphatic carbocycles. The maximum atomic E-state index is 5.45. The zero-order chi connectivity index (χ0) is 22.6. The van der Waals surface area contributed by atoms with E-state index in [2.05, 4.69) is 94.0 Å². The van der Waals surface area contributed by atoms with Crippen LogP contribution in [0.3, 0.4) is 0 Å². The normalized spacial score (nSPS) is 15.7. The van der Waals surface area contributed by atoms with Crippen molar-refractivity contribution < 1.29 is 4.74 Å². The van der Waals surface area contributed by atoms with E-state index in [4.69, 9.17) is 4.74 Å². The highest BCUT2D eigenvalue weighted by Crippen LogP contribution is 2.10. The van der Waals surface area contributed by atoms with Crippen LogP contribution in [0.25, 0.3) is 0 Å². The first-order valence-electron chi connectivity index (χ1n) is 11.7. The summed E-state index contributed by atoms with van der Waals surface area (Å²) in [5.74, 6) is 0.849. The quantitative estimate of drug-likeness (QED) is 0.262. The van der Waals surface area contributed by atoms with Gasteiger partial charge < -0.3 is 15.4 Å². The van der Waals surface area contributed by atoms with Gasteiger partial charge in [0.15, 0.2) is 5.96 Å². The number of morpholine rings is 1. The zero-order valence-electron chi connectivity index (χ0n) is 20.3. The van der Waals surface area contributed by atoms with Gasteiger partial charge in [0.2, 0.25) is 0 Å². The molecule has 1 fully saturated rings. The Morgan fingerprint density at radius 1 is 1.03 bits per heavy atom. The van der Waals surface area contributed by atoms with Crippen molar-refractivity contribution in [1.82, 2.24) is 20.4 Å². The first kappa shape index (κ1) is 27.6. The van der Waals surface area contributed by atoms with Gasteiger partial charge in [0.05, 0.1) is 13.2 Å². The van der Waals surface area contributed by atoms with E-state index in [-0.39, 0.29) is 24.0 Å². The summed E-state index contributed by atoms with van der Waals surface area (Å²) in [6.07, 6.45) is 1.05. The molecule has 1 heterocycles. The summed E-state index contributed by atoms with van der Waals surface area (Å²) >= 11 is 0. The number of nitrogens with zero attached hydrogens (tertiary/aromatic N) is 3. The summed E-state index contributed by atoms with van der Waals surface area (Å²) in [5.41, 5.74) is 3.97. The van der Waals surface area contributed by atoms with Crippen LogP contribution in [0.1, 0.15) is 30.0 Å². The Labute approximate surface area is 216 Å². The standard InChI is InChI=1S/C26H39N5O.HI/c1-22(30(3)20-23-8-5-4-6-9-23)12-13-28-26(27-2)29-19-24-10-7-11-25(18-24)21-31-14-16-32-17-15-31;/h4-11,18,22H,12-17,19-21H2,1-3H3,(H2,27,28,29);1H. The molecule has 0 aromatic heterocycles. The summed E-state index contributed by atoms with van der Waals surface area (Å²) in [6, 6.07) is 19.9. The minimum atomic E-state index is 0. The lowest BCUT2D eigenvalue weighted by Gasteiger charge is -2.26. The number of nitrogens with one attached hydrogen (secondary N) is 2. The molecule has 3 rings (SSSR count). The summed E-state index contributed by atoms with van der Waals surface area (Å²) in [6.45, 7) is 9.58. The Morgan fingerprint density at radius 2 is 1.73 bits per heavy atom. The average Bonchev–Trinajstić information content (AvgIpc) is 2.82. The molecular formula is C26H40IN5O. The predicted molar refractivity (Wildman–Crippen MR) is 148 cm³/mol. The van der Waals surface area contributed by atoms with E-state index in [9.17, 15) is 0 Å². The van der Waals surface area contributed by atoms with Crippen LogP contribution in [0.15, 0.2) is 59.6 Å². The van der Waals surface area contributed by atoms with Crippen molar-refractivity contribution >= 4 is 29.9 Å². The average molecular weight is 566 g/mol. The summed E-state index contributed by atoms with van der Waals surface area (Å²) < 4.78 is 5.45. The molecule has 0 spiro atoms. The molecule has 2 aromatic rings. The van der Waals surface area contributed by atoms with Gasteiger partial charge in [-0.15, -0.1) is 24.0 Å². The molecule has 0 saturated carbocycles. The molecule has 2 N–H and O–H groups in total. The first-order valence-corrected chi connectivity index (χ1v) is 11.7. The molecule has 7 heteroatoms. The number of halogens is 1. The SMILES string of the molecule is CN=C(NCCC(C)N(C)Cc1ccccc1)NCc1cccc(CN2CCOCC2)c1.I. The van der Waals surface area contributed by atoms with Crippen molar-refractivity contribution in [2.24, 2.45) is 4.99 Å². The number of aliphatic imine (C=N–C) groups is 1. The monoisotopic (exact) mass is 565 g/mol. The van der Waals surface area contributed by atoms with Gasteiger partial charge in [-0.25, -0.2) is 0 Å². The lowest BCUT2D eigenvalue weighted by atomic mass is 10.1. The number of hydrogen-bond donors (Lipinski definition) is 2. The van der Waals surface area contributed by atoms with Crippen LogP contribution in [0.2, 0.25) is 0 Å². The molecule has 0 bridgehead atoms. The van der Waals surface area contributed by atoms with Crippen molar-refractivity contribution in [2.45, 2.75) is 39.0 Å². The van der Waals surface area contributed by atoms with Crippen molar-refractivity contribution in [3.63, 3.8) is 0 Å². The van der Waals surface area contributed by atoms with E-state index in [1.165, 1.54) is 16.7 Å². The number of benzene rings is 2. The maximum absolute atomic E-state index is 5.45. The molecule has 1 unspecified atom stereocenters. The van der Waals surface area contributed by atoms with Crippen molar-refractivity contribution in [3.05, 3.63) is 71.3 Å². The van der Waals surface area contributed by atoms with Crippen LogP contribution in [0.4, 0.5) is 0 Å². The van der Waals surface area contributed by atoms with Crippen LogP contribution in [0.5, 0.6) is 0 Å². The van der Waals surface area contributed by atoms with Gasteiger partial charge in [-0.2, -0.15) is 0 Å². The van der Waals surface area contributed by atoms with Crippen molar-refractivity contribution in [3.8, 4) is 0 Å². The van der Waals surface area contributed by atoms with Crippen LogP contribution in [0, 0.1) is 0 Å². The fourth-order valence-electron chi connectivity index (χ4n) is 3.91. The van der Waals surface area contributed by atoms with Gasteiger partial charge in [0, 0.05) is 52.4 Å². The van der Waals surface area contributed by atoms with Crippen LogP contribution >= 0.6 is 24.0 Å². The van der Waals surface area contributed by atoms with E-state index in [1.54, 1.807) is 0 Å². The number of hydrogen-bond acceptors (Lipinski definition) is 4. The number of ether oxygens (including phenoxy) is 1. The second-order valence-electron chi connectivity index (χ2n) is 8.60. The summed E-state index contributed by atoms with van der Waals surface area (Å²) in [7, 11) is 4.02. The van der Waals surface area contributed by atoms with Crippen LogP contribution in [-0.2, 0) is 24.4 Å². The highest BCUT2D eigenvalue weighted by molar-refractivity contribution is 14.0. The van der Waals surface area contributed by atoms with Gasteiger partial charge >= 0.3 is 0 Å². The minimum Gasteiger partial charge on any atom is -0.379 e. The minimum absolute atomic E-state index is 0. The van der Waals surface area contributed by atoms with Crippen LogP contribution in [-0.4, -0.2) is 68.7 Å². The van der Waals surface area contributed by atoms with Gasteiger partial charge in [0.25, 0.3) is 0 Å². The highest BCUT2D eigenvalue weighted by atomic mass is 127. The molecule has 2 aromatic carbocycles. The third kappa shape index (κ3) is 10.00. The maximum Gasteiger partial charge on any atom is 0.191 e. The Kier molecular flexibility index (Phi) is 12.8. The molecule has 1 atom stereocenters. The van der Waals surface area contributed by atoms with E-state index >= 15 is 0 Å². The van der Waals surface area contributed by atoms with Crippen molar-refractivity contribution in [1.29, 1.82) is 0 Å². The fraction of sp³-hybridized carbons (Fsp3) is 0.500. The third-order valence-electron chi connectivity index (χ3n) is 6.07. The van der Waals surface area contributed by atoms with E-state index in [0.29, 0.717) is 6.04 Å². The Hall–Kier alpha value is -1.68. The lowest BCUT2D eigenvalue weighted by molar-refractivity contribution is 0.0342. The summed E-state index contributed by atoms with van der Waals surface area (Å²) in [4.78, 5) is 9.23. The van der Waals surface area contributed by atoms with E-state index < -0.39 is 0 Å². The number of guanidine groups is 1. The second-order valence-corrected chi connectivity index (χ2v) is 8.60. The number of rotatable bonds is 10. The molecule has 0 radical (unpaired) electrons. The van der Waals surface area contributed by atoms with E-state index in [0.717, 1.165) is 64.9 Å². The lowest BCUT2D eigenvalue weighted by Crippen LogP contribution is -2.39. The van der Waals surface area contributed by atoms with Gasteiger partial charge in [-0.1, -0.05) is 54.6 Å². The Bertz CT molecular complexity index is 826. The molecule has 1 aliphatic rings. The largest absolute Gasteiger partial charge is 0.379 e. The molecule has 6 nitrogen and oxygen atoms in total. The molecule has 1 aliphatic heterocycles. The molecule has 0 amide bonds. The topological polar surface area (TPSA) is 52.1 Å². The van der Waals surface area contributed by atoms with Crippen LogP contribution < -0.4 is 10.6 Å². The molecule has 182 valence electrons.